The van der Waals surface area contributed by atoms with E-state index in [4.69, 9.17) is 51.8 Å². The zero-order valence-electron chi connectivity index (χ0n) is 11.6. The van der Waals surface area contributed by atoms with Crippen LogP contribution in [-0.2, 0) is 6.54 Å². The standard InChI is InChI=1S/C15H13Cl3N2OS/c1-21-14-5-3-10(16)7-13(14)20-15(22)19-8-9-2-4-11(17)12(18)6-9/h2-7H,8H2,1H3,(H2,19,20,22). The molecule has 0 spiro atoms. The van der Waals surface area contributed by atoms with E-state index in [-0.39, 0.29) is 0 Å². The molecular formula is C15H13Cl3N2OS. The molecule has 116 valence electrons. The molecule has 2 aromatic carbocycles. The number of anilines is 1. The van der Waals surface area contributed by atoms with Crippen molar-refractivity contribution in [3.8, 4) is 5.75 Å². The summed E-state index contributed by atoms with van der Waals surface area (Å²) >= 11 is 23.1. The molecule has 7 heteroatoms. The normalized spacial score (nSPS) is 10.2. The van der Waals surface area contributed by atoms with Gasteiger partial charge < -0.3 is 15.4 Å². The van der Waals surface area contributed by atoms with Crippen LogP contribution in [0.1, 0.15) is 5.56 Å². The molecule has 0 radical (unpaired) electrons. The lowest BCUT2D eigenvalue weighted by Gasteiger charge is -2.14. The predicted octanol–water partition coefficient (Wildman–Crippen LogP) is 5.14. The van der Waals surface area contributed by atoms with Crippen LogP contribution in [0.3, 0.4) is 0 Å². The van der Waals surface area contributed by atoms with Crippen LogP contribution in [0.5, 0.6) is 5.75 Å². The van der Waals surface area contributed by atoms with Crippen molar-refractivity contribution >= 4 is 57.8 Å². The number of nitrogens with one attached hydrogen (secondary N) is 2. The molecule has 0 unspecified atom stereocenters. The number of methoxy groups -OCH3 is 1. The van der Waals surface area contributed by atoms with E-state index in [0.29, 0.717) is 38.2 Å². The molecule has 0 aliphatic rings. The van der Waals surface area contributed by atoms with Crippen LogP contribution in [0.25, 0.3) is 0 Å². The first-order valence-corrected chi connectivity index (χ1v) is 7.86. The van der Waals surface area contributed by atoms with Gasteiger partial charge in [-0.15, -0.1) is 0 Å². The third kappa shape index (κ3) is 4.65. The summed E-state index contributed by atoms with van der Waals surface area (Å²) in [6, 6.07) is 10.7. The maximum absolute atomic E-state index is 5.98. The van der Waals surface area contributed by atoms with E-state index in [1.807, 2.05) is 6.07 Å². The first-order valence-electron chi connectivity index (χ1n) is 6.32. The van der Waals surface area contributed by atoms with Crippen LogP contribution >= 0.6 is 47.0 Å². The average molecular weight is 376 g/mol. The third-order valence-electron chi connectivity index (χ3n) is 2.85. The Kier molecular flexibility index (Phi) is 6.15. The van der Waals surface area contributed by atoms with Crippen LogP contribution in [0.2, 0.25) is 15.1 Å². The van der Waals surface area contributed by atoms with Gasteiger partial charge in [-0.25, -0.2) is 0 Å². The highest BCUT2D eigenvalue weighted by molar-refractivity contribution is 7.80. The lowest BCUT2D eigenvalue weighted by molar-refractivity contribution is 0.417. The fraction of sp³-hybridized carbons (Fsp3) is 0.133. The average Bonchev–Trinajstić information content (AvgIpc) is 2.49. The van der Waals surface area contributed by atoms with Gasteiger partial charge in [-0.05, 0) is 48.1 Å². The lowest BCUT2D eigenvalue weighted by atomic mass is 10.2. The molecule has 2 aromatic rings. The minimum absolute atomic E-state index is 0.451. The Bertz CT molecular complexity index is 694. The monoisotopic (exact) mass is 374 g/mol. The van der Waals surface area contributed by atoms with Gasteiger partial charge in [0.15, 0.2) is 5.11 Å². The lowest BCUT2D eigenvalue weighted by Crippen LogP contribution is -2.28. The molecule has 0 aliphatic carbocycles. The van der Waals surface area contributed by atoms with Crippen molar-refractivity contribution in [2.45, 2.75) is 6.54 Å². The first kappa shape index (κ1) is 17.2. The molecule has 0 amide bonds. The largest absolute Gasteiger partial charge is 0.495 e. The van der Waals surface area contributed by atoms with Crippen LogP contribution in [0.4, 0.5) is 5.69 Å². The SMILES string of the molecule is COc1ccc(Cl)cc1NC(=S)NCc1ccc(Cl)c(Cl)c1. The molecule has 3 nitrogen and oxygen atoms in total. The van der Waals surface area contributed by atoms with Gasteiger partial charge in [-0.3, -0.25) is 0 Å². The molecule has 0 heterocycles. The van der Waals surface area contributed by atoms with Crippen LogP contribution in [0.15, 0.2) is 36.4 Å². The van der Waals surface area contributed by atoms with Crippen LogP contribution in [-0.4, -0.2) is 12.2 Å². The zero-order valence-corrected chi connectivity index (χ0v) is 14.7. The summed E-state index contributed by atoms with van der Waals surface area (Å²) in [5.74, 6) is 0.656. The maximum atomic E-state index is 5.98. The van der Waals surface area contributed by atoms with E-state index in [1.54, 1.807) is 37.4 Å². The molecule has 22 heavy (non-hydrogen) atoms. The van der Waals surface area contributed by atoms with E-state index in [2.05, 4.69) is 10.6 Å². The maximum Gasteiger partial charge on any atom is 0.171 e. The van der Waals surface area contributed by atoms with Gasteiger partial charge >= 0.3 is 0 Å². The topological polar surface area (TPSA) is 33.3 Å². The fourth-order valence-electron chi connectivity index (χ4n) is 1.78. The Morgan fingerprint density at radius 1 is 1.09 bits per heavy atom. The Morgan fingerprint density at radius 3 is 2.55 bits per heavy atom. The van der Waals surface area contributed by atoms with E-state index >= 15 is 0 Å². The highest BCUT2D eigenvalue weighted by Gasteiger charge is 2.06. The third-order valence-corrected chi connectivity index (χ3v) is 4.07. The minimum Gasteiger partial charge on any atom is -0.495 e. The summed E-state index contributed by atoms with van der Waals surface area (Å²) in [7, 11) is 1.58. The Hall–Kier alpha value is -1.20. The van der Waals surface area contributed by atoms with Gasteiger partial charge in [0.1, 0.15) is 5.75 Å². The molecule has 0 aliphatic heterocycles. The summed E-state index contributed by atoms with van der Waals surface area (Å²) in [5.41, 5.74) is 1.67. The molecule has 2 rings (SSSR count). The van der Waals surface area contributed by atoms with Gasteiger partial charge in [-0.2, -0.15) is 0 Å². The van der Waals surface area contributed by atoms with Crippen molar-refractivity contribution in [3.63, 3.8) is 0 Å². The minimum atomic E-state index is 0.451. The van der Waals surface area contributed by atoms with Crippen molar-refractivity contribution < 1.29 is 4.74 Å². The quantitative estimate of drug-likeness (QED) is 0.725. The molecule has 0 bridgehead atoms. The second kappa shape index (κ2) is 7.88. The molecule has 0 aromatic heterocycles. The first-order chi connectivity index (χ1) is 10.5. The summed E-state index contributed by atoms with van der Waals surface area (Å²) in [6.07, 6.45) is 0. The zero-order chi connectivity index (χ0) is 16.1. The van der Waals surface area contributed by atoms with Gasteiger partial charge in [0, 0.05) is 11.6 Å². The number of hydrogen-bond acceptors (Lipinski definition) is 2. The smallest absolute Gasteiger partial charge is 0.171 e. The molecule has 0 atom stereocenters. The van der Waals surface area contributed by atoms with Crippen molar-refractivity contribution in [1.29, 1.82) is 0 Å². The van der Waals surface area contributed by atoms with Gasteiger partial charge in [0.05, 0.1) is 22.8 Å². The number of hydrogen-bond donors (Lipinski definition) is 2. The van der Waals surface area contributed by atoms with Gasteiger partial charge in [0.2, 0.25) is 0 Å². The van der Waals surface area contributed by atoms with Crippen molar-refractivity contribution in [2.24, 2.45) is 0 Å². The number of benzene rings is 2. The highest BCUT2D eigenvalue weighted by atomic mass is 35.5. The van der Waals surface area contributed by atoms with Gasteiger partial charge in [-0.1, -0.05) is 40.9 Å². The molecule has 0 saturated heterocycles. The number of rotatable bonds is 4. The fourth-order valence-corrected chi connectivity index (χ4v) is 2.45. The summed E-state index contributed by atoms with van der Waals surface area (Å²) in [5, 5.41) is 8.21. The van der Waals surface area contributed by atoms with E-state index in [1.165, 1.54) is 0 Å². The molecule has 2 N–H and O–H groups in total. The van der Waals surface area contributed by atoms with E-state index in [0.717, 1.165) is 5.56 Å². The second-order valence-electron chi connectivity index (χ2n) is 4.40. The molecular weight excluding hydrogens is 363 g/mol. The number of halogens is 3. The molecule has 0 saturated carbocycles. The highest BCUT2D eigenvalue weighted by Crippen LogP contribution is 2.27. The number of ether oxygens (including phenoxy) is 1. The van der Waals surface area contributed by atoms with Crippen LogP contribution in [0, 0.1) is 0 Å². The Balaban J connectivity index is 1.98. The Labute approximate surface area is 149 Å². The van der Waals surface area contributed by atoms with Crippen molar-refractivity contribution in [1.82, 2.24) is 5.32 Å². The van der Waals surface area contributed by atoms with Crippen molar-refractivity contribution in [3.05, 3.63) is 57.0 Å². The summed E-state index contributed by atoms with van der Waals surface area (Å²) < 4.78 is 5.25. The molecule has 0 fully saturated rings. The summed E-state index contributed by atoms with van der Waals surface area (Å²) in [4.78, 5) is 0. The van der Waals surface area contributed by atoms with Crippen LogP contribution < -0.4 is 15.4 Å². The summed E-state index contributed by atoms with van der Waals surface area (Å²) in [6.45, 7) is 0.519. The number of thiocarbonyl (C=S) groups is 1. The predicted molar refractivity (Wildman–Crippen MR) is 97.5 cm³/mol. The second-order valence-corrected chi connectivity index (χ2v) is 6.06. The van der Waals surface area contributed by atoms with E-state index < -0.39 is 0 Å². The Morgan fingerprint density at radius 2 is 1.86 bits per heavy atom. The van der Waals surface area contributed by atoms with Crippen molar-refractivity contribution in [2.75, 3.05) is 12.4 Å². The van der Waals surface area contributed by atoms with E-state index in [9.17, 15) is 0 Å². The van der Waals surface area contributed by atoms with Gasteiger partial charge in [0.25, 0.3) is 0 Å².